The summed E-state index contributed by atoms with van der Waals surface area (Å²) in [5.74, 6) is -0.761. The lowest BCUT2D eigenvalue weighted by Crippen LogP contribution is -2.35. The smallest absolute Gasteiger partial charge is 0.339 e. The average molecular weight is 224 g/mol. The molecule has 0 fully saturated rings. The van der Waals surface area contributed by atoms with E-state index in [1.807, 2.05) is 0 Å². The molecule has 1 amide bonds. The Kier molecular flexibility index (Phi) is 4.85. The quantitative estimate of drug-likeness (QED) is 0.429. The average Bonchev–Trinajstić information content (AvgIpc) is 1.86. The Morgan fingerprint density at radius 3 is 2.55 bits per heavy atom. The first kappa shape index (κ1) is 10.4. The van der Waals surface area contributed by atoms with Crippen LogP contribution in [0.3, 0.4) is 0 Å². The van der Waals surface area contributed by atoms with Gasteiger partial charge in [0.25, 0.3) is 0 Å². The molecule has 0 spiro atoms. The van der Waals surface area contributed by atoms with Crippen molar-refractivity contribution in [3.8, 4) is 0 Å². The number of alkyl halides is 1. The zero-order chi connectivity index (χ0) is 8.85. The van der Waals surface area contributed by atoms with Gasteiger partial charge < -0.3 is 10.1 Å². The molecule has 4 nitrogen and oxygen atoms in total. The highest BCUT2D eigenvalue weighted by atomic mass is 79.9. The van der Waals surface area contributed by atoms with Crippen molar-refractivity contribution in [2.45, 2.75) is 18.8 Å². The minimum Gasteiger partial charge on any atom is -0.464 e. The van der Waals surface area contributed by atoms with Crippen LogP contribution in [-0.2, 0) is 14.3 Å². The molecule has 11 heavy (non-hydrogen) atoms. The summed E-state index contributed by atoms with van der Waals surface area (Å²) >= 11 is 2.94. The molecule has 64 valence electrons. The first-order chi connectivity index (χ1) is 5.07. The third-order valence-corrected chi connectivity index (χ3v) is 1.43. The molecule has 1 N–H and O–H groups in total. The Balaban J connectivity index is 3.73. The molecular formula is C6H10BrNO3. The van der Waals surface area contributed by atoms with Crippen molar-refractivity contribution in [3.63, 3.8) is 0 Å². The molecule has 0 aliphatic heterocycles. The Morgan fingerprint density at radius 2 is 2.18 bits per heavy atom. The second-order valence-corrected chi connectivity index (χ2v) is 2.73. The molecular weight excluding hydrogens is 214 g/mol. The third-order valence-electron chi connectivity index (χ3n) is 0.824. The fraction of sp³-hybridized carbons (Fsp3) is 0.667. The lowest BCUT2D eigenvalue weighted by molar-refractivity contribution is -0.144. The van der Waals surface area contributed by atoms with Crippen LogP contribution in [0, 0.1) is 0 Å². The van der Waals surface area contributed by atoms with Crippen LogP contribution in [0.1, 0.15) is 13.8 Å². The molecule has 1 unspecified atom stereocenters. The van der Waals surface area contributed by atoms with E-state index in [-0.39, 0.29) is 5.91 Å². The number of amides is 1. The number of esters is 1. The zero-order valence-electron chi connectivity index (χ0n) is 6.39. The maximum absolute atomic E-state index is 10.8. The summed E-state index contributed by atoms with van der Waals surface area (Å²) in [4.78, 5) is 20.5. The molecule has 0 aromatic heterocycles. The summed E-state index contributed by atoms with van der Waals surface area (Å²) in [6, 6.07) is 0. The summed E-state index contributed by atoms with van der Waals surface area (Å²) in [5.41, 5.74) is 0. The van der Waals surface area contributed by atoms with Gasteiger partial charge in [-0.15, -0.1) is 0 Å². The first-order valence-electron chi connectivity index (χ1n) is 3.15. The number of nitrogens with one attached hydrogen (secondary N) is 1. The summed E-state index contributed by atoms with van der Waals surface area (Å²) < 4.78 is 4.60. The number of rotatable bonds is 3. The van der Waals surface area contributed by atoms with Crippen molar-refractivity contribution in [2.24, 2.45) is 0 Å². The highest BCUT2D eigenvalue weighted by Crippen LogP contribution is 1.97. The fourth-order valence-electron chi connectivity index (χ4n) is 0.453. The van der Waals surface area contributed by atoms with Gasteiger partial charge in [0.05, 0.1) is 6.61 Å². The molecule has 0 aliphatic carbocycles. The summed E-state index contributed by atoms with van der Waals surface area (Å²) in [5, 5.41) is 2.33. The third kappa shape index (κ3) is 4.78. The highest BCUT2D eigenvalue weighted by Gasteiger charge is 2.15. The van der Waals surface area contributed by atoms with Gasteiger partial charge in [-0.25, -0.2) is 4.79 Å². The maximum Gasteiger partial charge on any atom is 0.339 e. The number of carbonyl (C=O) groups excluding carboxylic acids is 2. The minimum absolute atomic E-state index is 0.278. The standard InChI is InChI=1S/C6H10BrNO3/c1-3-11-6(10)5(7)8-4(2)9/h5H,3H2,1-2H3,(H,8,9). The van der Waals surface area contributed by atoms with E-state index in [0.717, 1.165) is 0 Å². The van der Waals surface area contributed by atoms with Crippen LogP contribution in [0.4, 0.5) is 0 Å². The second kappa shape index (κ2) is 5.12. The normalized spacial score (nSPS) is 11.9. The molecule has 0 saturated heterocycles. The highest BCUT2D eigenvalue weighted by molar-refractivity contribution is 9.10. The summed E-state index contributed by atoms with van der Waals surface area (Å²) in [7, 11) is 0. The maximum atomic E-state index is 10.8. The van der Waals surface area contributed by atoms with Gasteiger partial charge in [-0.3, -0.25) is 4.79 Å². The number of carbonyl (C=O) groups is 2. The van der Waals surface area contributed by atoms with Crippen molar-refractivity contribution in [2.75, 3.05) is 6.61 Å². The molecule has 0 saturated carbocycles. The molecule has 0 aromatic carbocycles. The van der Waals surface area contributed by atoms with Crippen LogP contribution in [0.5, 0.6) is 0 Å². The van der Waals surface area contributed by atoms with Gasteiger partial charge in [0.15, 0.2) is 4.95 Å². The van der Waals surface area contributed by atoms with Crippen LogP contribution in [0.15, 0.2) is 0 Å². The van der Waals surface area contributed by atoms with Crippen molar-refractivity contribution in [3.05, 3.63) is 0 Å². The van der Waals surface area contributed by atoms with Gasteiger partial charge in [-0.05, 0) is 6.92 Å². The first-order valence-corrected chi connectivity index (χ1v) is 4.07. The van der Waals surface area contributed by atoms with E-state index in [9.17, 15) is 9.59 Å². The van der Waals surface area contributed by atoms with E-state index in [1.165, 1.54) is 6.92 Å². The topological polar surface area (TPSA) is 55.4 Å². The van der Waals surface area contributed by atoms with Crippen molar-refractivity contribution in [1.29, 1.82) is 0 Å². The van der Waals surface area contributed by atoms with Crippen molar-refractivity contribution >= 4 is 27.8 Å². The Morgan fingerprint density at radius 1 is 1.64 bits per heavy atom. The van der Waals surface area contributed by atoms with Crippen LogP contribution < -0.4 is 5.32 Å². The predicted octanol–water partition coefficient (Wildman–Crippen LogP) is 0.407. The van der Waals surface area contributed by atoms with E-state index in [2.05, 4.69) is 26.0 Å². The molecule has 0 rings (SSSR count). The SMILES string of the molecule is CCOC(=O)C(Br)NC(C)=O. The molecule has 0 radical (unpaired) electrons. The summed E-state index contributed by atoms with van der Waals surface area (Å²) in [6.07, 6.45) is 0. The summed E-state index contributed by atoms with van der Waals surface area (Å²) in [6.45, 7) is 3.33. The van der Waals surface area contributed by atoms with E-state index >= 15 is 0 Å². The minimum atomic E-state index is -0.736. The van der Waals surface area contributed by atoms with E-state index in [0.29, 0.717) is 6.61 Å². The van der Waals surface area contributed by atoms with E-state index in [4.69, 9.17) is 0 Å². The molecule has 0 aliphatic rings. The molecule has 0 aromatic rings. The largest absolute Gasteiger partial charge is 0.464 e. The molecule has 1 atom stereocenters. The predicted molar refractivity (Wildman–Crippen MR) is 43.2 cm³/mol. The zero-order valence-corrected chi connectivity index (χ0v) is 7.97. The van der Waals surface area contributed by atoms with Gasteiger partial charge in [0.1, 0.15) is 0 Å². The van der Waals surface area contributed by atoms with E-state index < -0.39 is 10.9 Å². The molecule has 5 heteroatoms. The Labute approximate surface area is 73.4 Å². The lowest BCUT2D eigenvalue weighted by atomic mass is 10.6. The van der Waals surface area contributed by atoms with Gasteiger partial charge in [-0.1, -0.05) is 15.9 Å². The molecule has 0 heterocycles. The van der Waals surface area contributed by atoms with Crippen molar-refractivity contribution in [1.82, 2.24) is 5.32 Å². The van der Waals surface area contributed by atoms with Crippen LogP contribution in [0.2, 0.25) is 0 Å². The molecule has 0 bridgehead atoms. The number of ether oxygens (including phenoxy) is 1. The van der Waals surface area contributed by atoms with Gasteiger partial charge in [0, 0.05) is 6.92 Å². The van der Waals surface area contributed by atoms with Gasteiger partial charge in [0.2, 0.25) is 5.91 Å². The van der Waals surface area contributed by atoms with E-state index in [1.54, 1.807) is 6.92 Å². The van der Waals surface area contributed by atoms with Crippen LogP contribution in [0.25, 0.3) is 0 Å². The Bertz CT molecular complexity index is 160. The van der Waals surface area contributed by atoms with Gasteiger partial charge in [-0.2, -0.15) is 0 Å². The number of hydrogen-bond acceptors (Lipinski definition) is 3. The lowest BCUT2D eigenvalue weighted by Gasteiger charge is -2.08. The Hall–Kier alpha value is -0.580. The van der Waals surface area contributed by atoms with Crippen LogP contribution >= 0.6 is 15.9 Å². The van der Waals surface area contributed by atoms with Crippen LogP contribution in [-0.4, -0.2) is 23.4 Å². The fourth-order valence-corrected chi connectivity index (χ4v) is 0.907. The number of halogens is 1. The van der Waals surface area contributed by atoms with Gasteiger partial charge >= 0.3 is 5.97 Å². The van der Waals surface area contributed by atoms with Crippen molar-refractivity contribution < 1.29 is 14.3 Å². The monoisotopic (exact) mass is 223 g/mol. The second-order valence-electron chi connectivity index (χ2n) is 1.82. The number of hydrogen-bond donors (Lipinski definition) is 1.